The standard InChI is InChI=1S/C33H48O2/c1-2-3-4-5-6-7-8-9-26-10-12-27(13-11-26)28-22-24-33(25-23-28,29-14-18-31(34)19-15-29)30-16-20-32(35)21-17-30/h14-21,26-28,34-35H,2-13,22-25H2,1H3/t26-,27+. The first-order valence-electron chi connectivity index (χ1n) is 14.7. The molecule has 2 N–H and O–H groups in total. The lowest BCUT2D eigenvalue weighted by Gasteiger charge is -2.44. The van der Waals surface area contributed by atoms with Gasteiger partial charge in [-0.15, -0.1) is 0 Å². The summed E-state index contributed by atoms with van der Waals surface area (Å²) in [6, 6.07) is 15.8. The third kappa shape index (κ3) is 6.83. The van der Waals surface area contributed by atoms with Crippen molar-refractivity contribution in [3.05, 3.63) is 59.7 Å². The maximum Gasteiger partial charge on any atom is 0.115 e. The second kappa shape index (κ2) is 12.8. The molecule has 0 unspecified atom stereocenters. The molecule has 2 heteroatoms. The van der Waals surface area contributed by atoms with Crippen LogP contribution in [0.1, 0.15) is 121 Å². The summed E-state index contributed by atoms with van der Waals surface area (Å²) >= 11 is 0. The summed E-state index contributed by atoms with van der Waals surface area (Å²) in [5, 5.41) is 19.7. The molecule has 0 heterocycles. The zero-order valence-corrected chi connectivity index (χ0v) is 22.1. The smallest absolute Gasteiger partial charge is 0.115 e. The number of phenols is 2. The van der Waals surface area contributed by atoms with E-state index in [0.717, 1.165) is 30.6 Å². The molecule has 0 atom stereocenters. The highest BCUT2D eigenvalue weighted by Crippen LogP contribution is 2.50. The Hall–Kier alpha value is -1.96. The number of hydrogen-bond donors (Lipinski definition) is 2. The molecule has 35 heavy (non-hydrogen) atoms. The van der Waals surface area contributed by atoms with Gasteiger partial charge in [-0.05, 0) is 91.7 Å². The van der Waals surface area contributed by atoms with Crippen molar-refractivity contribution >= 4 is 0 Å². The van der Waals surface area contributed by atoms with Crippen LogP contribution in [0.15, 0.2) is 48.5 Å². The summed E-state index contributed by atoms with van der Waals surface area (Å²) in [4.78, 5) is 0. The molecule has 2 fully saturated rings. The quantitative estimate of drug-likeness (QED) is 0.317. The Labute approximate surface area is 214 Å². The number of benzene rings is 2. The fraction of sp³-hybridized carbons (Fsp3) is 0.636. The molecule has 2 aliphatic carbocycles. The lowest BCUT2D eigenvalue weighted by Crippen LogP contribution is -2.35. The normalized spacial score (nSPS) is 22.8. The maximum atomic E-state index is 9.86. The highest BCUT2D eigenvalue weighted by molar-refractivity contribution is 5.43. The fourth-order valence-corrected chi connectivity index (χ4v) is 7.25. The molecule has 2 nitrogen and oxygen atoms in total. The van der Waals surface area contributed by atoms with E-state index in [-0.39, 0.29) is 5.41 Å². The topological polar surface area (TPSA) is 40.5 Å². The Morgan fingerprint density at radius 1 is 0.600 bits per heavy atom. The highest BCUT2D eigenvalue weighted by atomic mass is 16.3. The molecule has 0 bridgehead atoms. The van der Waals surface area contributed by atoms with Crippen LogP contribution in [0, 0.1) is 17.8 Å². The van der Waals surface area contributed by atoms with Crippen LogP contribution >= 0.6 is 0 Å². The van der Waals surface area contributed by atoms with Crippen LogP contribution in [0.3, 0.4) is 0 Å². The van der Waals surface area contributed by atoms with Gasteiger partial charge in [-0.2, -0.15) is 0 Å². The molecule has 0 aromatic heterocycles. The SMILES string of the molecule is CCCCCCCCC[C@H]1CC[C@@H](C2CCC(c3ccc(O)cc3)(c3ccc(O)cc3)CC2)CC1. The Kier molecular flexibility index (Phi) is 9.58. The van der Waals surface area contributed by atoms with Crippen molar-refractivity contribution in [1.82, 2.24) is 0 Å². The van der Waals surface area contributed by atoms with E-state index < -0.39 is 0 Å². The zero-order chi connectivity index (χ0) is 24.5. The summed E-state index contributed by atoms with van der Waals surface area (Å²) in [5.41, 5.74) is 2.60. The molecule has 0 spiro atoms. The van der Waals surface area contributed by atoms with Crippen molar-refractivity contribution in [2.24, 2.45) is 17.8 Å². The number of rotatable bonds is 11. The lowest BCUT2D eigenvalue weighted by molar-refractivity contribution is 0.140. The van der Waals surface area contributed by atoms with E-state index in [1.807, 2.05) is 24.3 Å². The predicted molar refractivity (Wildman–Crippen MR) is 147 cm³/mol. The van der Waals surface area contributed by atoms with E-state index >= 15 is 0 Å². The average molecular weight is 477 g/mol. The molecule has 0 saturated heterocycles. The molecule has 192 valence electrons. The first kappa shape index (κ1) is 26.1. The van der Waals surface area contributed by atoms with Crippen LogP contribution in [-0.2, 0) is 5.41 Å². The van der Waals surface area contributed by atoms with E-state index in [9.17, 15) is 10.2 Å². The van der Waals surface area contributed by atoms with Gasteiger partial charge in [0.2, 0.25) is 0 Å². The third-order valence-corrected chi connectivity index (χ3v) is 9.50. The highest BCUT2D eigenvalue weighted by Gasteiger charge is 2.40. The van der Waals surface area contributed by atoms with Crippen LogP contribution in [0.25, 0.3) is 0 Å². The van der Waals surface area contributed by atoms with Crippen LogP contribution in [-0.4, -0.2) is 10.2 Å². The number of unbranched alkanes of at least 4 members (excludes halogenated alkanes) is 6. The number of aromatic hydroxyl groups is 2. The van der Waals surface area contributed by atoms with E-state index in [1.54, 1.807) is 0 Å². The summed E-state index contributed by atoms with van der Waals surface area (Å²) in [5.74, 6) is 3.42. The van der Waals surface area contributed by atoms with Crippen molar-refractivity contribution in [3.63, 3.8) is 0 Å². The van der Waals surface area contributed by atoms with Crippen molar-refractivity contribution < 1.29 is 10.2 Å². The minimum Gasteiger partial charge on any atom is -0.508 e. The van der Waals surface area contributed by atoms with Gasteiger partial charge in [-0.25, -0.2) is 0 Å². The van der Waals surface area contributed by atoms with Gasteiger partial charge in [-0.1, -0.05) is 95.4 Å². The van der Waals surface area contributed by atoms with Gasteiger partial charge in [0, 0.05) is 5.41 Å². The molecular formula is C33H48O2. The second-order valence-corrected chi connectivity index (χ2v) is 11.7. The number of hydrogen-bond acceptors (Lipinski definition) is 2. The van der Waals surface area contributed by atoms with Crippen molar-refractivity contribution in [2.45, 2.75) is 115 Å². The largest absolute Gasteiger partial charge is 0.508 e. The van der Waals surface area contributed by atoms with E-state index in [2.05, 4.69) is 31.2 Å². The van der Waals surface area contributed by atoms with Gasteiger partial charge < -0.3 is 10.2 Å². The number of phenolic OH excluding ortho intramolecular Hbond substituents is 2. The van der Waals surface area contributed by atoms with Gasteiger partial charge in [0.1, 0.15) is 11.5 Å². The van der Waals surface area contributed by atoms with Crippen molar-refractivity contribution in [1.29, 1.82) is 0 Å². The molecule has 4 rings (SSSR count). The first-order chi connectivity index (χ1) is 17.1. The van der Waals surface area contributed by atoms with E-state index in [1.165, 1.54) is 101 Å². The molecule has 0 amide bonds. The van der Waals surface area contributed by atoms with Gasteiger partial charge in [0.05, 0.1) is 0 Å². The summed E-state index contributed by atoms with van der Waals surface area (Å²) < 4.78 is 0. The van der Waals surface area contributed by atoms with Crippen LogP contribution in [0.5, 0.6) is 11.5 Å². The Morgan fingerprint density at radius 3 is 1.57 bits per heavy atom. The summed E-state index contributed by atoms with van der Waals surface area (Å²) in [7, 11) is 0. The maximum absolute atomic E-state index is 9.86. The van der Waals surface area contributed by atoms with Gasteiger partial charge in [-0.3, -0.25) is 0 Å². The molecule has 2 aromatic carbocycles. The second-order valence-electron chi connectivity index (χ2n) is 11.7. The Balaban J connectivity index is 1.28. The van der Waals surface area contributed by atoms with E-state index in [4.69, 9.17) is 0 Å². The molecule has 2 aliphatic rings. The van der Waals surface area contributed by atoms with Gasteiger partial charge >= 0.3 is 0 Å². The minimum absolute atomic E-state index is 0.00771. The Bertz CT molecular complexity index is 805. The van der Waals surface area contributed by atoms with E-state index in [0.29, 0.717) is 11.5 Å². The first-order valence-corrected chi connectivity index (χ1v) is 14.7. The van der Waals surface area contributed by atoms with Crippen molar-refractivity contribution in [3.8, 4) is 11.5 Å². The van der Waals surface area contributed by atoms with Crippen LogP contribution < -0.4 is 0 Å². The van der Waals surface area contributed by atoms with Crippen molar-refractivity contribution in [2.75, 3.05) is 0 Å². The minimum atomic E-state index is -0.00771. The monoisotopic (exact) mass is 476 g/mol. The third-order valence-electron chi connectivity index (χ3n) is 9.50. The van der Waals surface area contributed by atoms with Crippen LogP contribution in [0.2, 0.25) is 0 Å². The van der Waals surface area contributed by atoms with Crippen LogP contribution in [0.4, 0.5) is 0 Å². The molecular weight excluding hydrogens is 428 g/mol. The summed E-state index contributed by atoms with van der Waals surface area (Å²) in [6.45, 7) is 2.30. The molecule has 0 aliphatic heterocycles. The molecule has 0 radical (unpaired) electrons. The van der Waals surface area contributed by atoms with Gasteiger partial charge in [0.25, 0.3) is 0 Å². The lowest BCUT2D eigenvalue weighted by atomic mass is 9.60. The Morgan fingerprint density at radius 2 is 1.06 bits per heavy atom. The average Bonchev–Trinajstić information content (AvgIpc) is 2.89. The summed E-state index contributed by atoms with van der Waals surface area (Å²) in [6.07, 6.45) is 22.1. The predicted octanol–water partition coefficient (Wildman–Crippen LogP) is 9.52. The zero-order valence-electron chi connectivity index (χ0n) is 22.1. The fourth-order valence-electron chi connectivity index (χ4n) is 7.25. The molecule has 2 aromatic rings. The molecule has 2 saturated carbocycles. The van der Waals surface area contributed by atoms with Gasteiger partial charge in [0.15, 0.2) is 0 Å².